The summed E-state index contributed by atoms with van der Waals surface area (Å²) in [4.78, 5) is 17.2. The summed E-state index contributed by atoms with van der Waals surface area (Å²) in [5, 5.41) is 21.4. The van der Waals surface area contributed by atoms with Gasteiger partial charge in [-0.1, -0.05) is 79.5 Å². The quantitative estimate of drug-likeness (QED) is 0.235. The number of halogens is 3. The second-order valence-electron chi connectivity index (χ2n) is 6.94. The van der Waals surface area contributed by atoms with Crippen molar-refractivity contribution < 1.29 is 4.79 Å². The van der Waals surface area contributed by atoms with Crippen molar-refractivity contribution in [2.75, 3.05) is 11.1 Å². The minimum Gasteiger partial charge on any atom is -0.324 e. The third kappa shape index (κ3) is 6.02. The first kappa shape index (κ1) is 24.4. The molecule has 34 heavy (non-hydrogen) atoms. The van der Waals surface area contributed by atoms with Crippen molar-refractivity contribution in [3.8, 4) is 28.6 Å². The summed E-state index contributed by atoms with van der Waals surface area (Å²) in [6.07, 6.45) is 0. The number of amides is 1. The Balaban J connectivity index is 1.58. The van der Waals surface area contributed by atoms with Crippen molar-refractivity contribution in [1.29, 1.82) is 5.26 Å². The number of nitriles is 1. The Labute approximate surface area is 222 Å². The highest BCUT2D eigenvalue weighted by atomic mass is 79.9. The molecule has 1 amide bonds. The molecule has 1 N–H and O–H groups in total. The van der Waals surface area contributed by atoms with E-state index in [1.165, 1.54) is 0 Å². The lowest BCUT2D eigenvalue weighted by Crippen LogP contribution is -2.15. The summed E-state index contributed by atoms with van der Waals surface area (Å²) >= 11 is 14.0. The van der Waals surface area contributed by atoms with Gasteiger partial charge in [0.1, 0.15) is 17.5 Å². The molecule has 3 aromatic carbocycles. The Kier molecular flexibility index (Phi) is 7.95. The molecule has 0 radical (unpaired) electrons. The molecule has 168 valence electrons. The van der Waals surface area contributed by atoms with Crippen molar-refractivity contribution in [2.45, 2.75) is 5.16 Å². The van der Waals surface area contributed by atoms with Crippen LogP contribution in [0, 0.1) is 11.3 Å². The Morgan fingerprint density at radius 1 is 0.941 bits per heavy atom. The van der Waals surface area contributed by atoms with Gasteiger partial charge in [-0.25, -0.2) is 4.98 Å². The molecule has 0 atom stereocenters. The second kappa shape index (κ2) is 11.1. The van der Waals surface area contributed by atoms with Gasteiger partial charge >= 0.3 is 0 Å². The molecule has 0 aliphatic carbocycles. The number of anilines is 1. The van der Waals surface area contributed by atoms with Gasteiger partial charge in [-0.2, -0.15) is 5.26 Å². The molecule has 1 heterocycles. The van der Waals surface area contributed by atoms with E-state index in [1.807, 2.05) is 54.6 Å². The van der Waals surface area contributed by atoms with Crippen molar-refractivity contribution in [2.24, 2.45) is 0 Å². The summed E-state index contributed by atoms with van der Waals surface area (Å²) in [5.41, 5.74) is 3.74. The van der Waals surface area contributed by atoms with E-state index < -0.39 is 0 Å². The molecule has 0 unspecified atom stereocenters. The molecule has 6 nitrogen and oxygen atoms in total. The molecule has 0 aliphatic rings. The first-order valence-electron chi connectivity index (χ1n) is 9.82. The number of nitrogens with zero attached hydrogens (tertiary/aromatic N) is 4. The molecule has 1 aromatic heterocycles. The largest absolute Gasteiger partial charge is 0.324 e. The van der Waals surface area contributed by atoms with Gasteiger partial charge in [-0.15, -0.1) is 10.2 Å². The molecule has 0 fully saturated rings. The zero-order valence-electron chi connectivity index (χ0n) is 17.3. The van der Waals surface area contributed by atoms with E-state index in [2.05, 4.69) is 47.4 Å². The number of aromatic nitrogens is 3. The molecule has 0 saturated heterocycles. The molecule has 0 spiro atoms. The van der Waals surface area contributed by atoms with E-state index in [-0.39, 0.29) is 11.7 Å². The SMILES string of the molecule is N#Cc1ccc(Cl)cc1NC(=O)CSc1nnc(-c2ccc(Br)cc2)c(-c2ccc(Br)cc2)n1. The molecule has 0 bridgehead atoms. The van der Waals surface area contributed by atoms with E-state index in [9.17, 15) is 10.1 Å². The molecule has 4 rings (SSSR count). The van der Waals surface area contributed by atoms with Crippen molar-refractivity contribution in [3.63, 3.8) is 0 Å². The Hall–Kier alpha value is -2.77. The van der Waals surface area contributed by atoms with E-state index in [0.717, 1.165) is 31.8 Å². The number of hydrogen-bond acceptors (Lipinski definition) is 6. The van der Waals surface area contributed by atoms with Crippen molar-refractivity contribution in [1.82, 2.24) is 15.2 Å². The van der Waals surface area contributed by atoms with Crippen molar-refractivity contribution >= 4 is 66.8 Å². The van der Waals surface area contributed by atoms with E-state index in [1.54, 1.807) is 18.2 Å². The first-order valence-corrected chi connectivity index (χ1v) is 12.8. The molecule has 0 aliphatic heterocycles. The third-order valence-electron chi connectivity index (χ3n) is 4.61. The maximum absolute atomic E-state index is 12.5. The number of hydrogen-bond donors (Lipinski definition) is 1. The van der Waals surface area contributed by atoms with Crippen LogP contribution in [-0.4, -0.2) is 26.8 Å². The third-order valence-corrected chi connectivity index (χ3v) is 6.74. The Morgan fingerprint density at radius 3 is 2.18 bits per heavy atom. The smallest absolute Gasteiger partial charge is 0.234 e. The fourth-order valence-electron chi connectivity index (χ4n) is 3.02. The van der Waals surface area contributed by atoms with Crippen LogP contribution in [0.15, 0.2) is 80.8 Å². The summed E-state index contributed by atoms with van der Waals surface area (Å²) in [6.45, 7) is 0. The Morgan fingerprint density at radius 2 is 1.56 bits per heavy atom. The number of benzene rings is 3. The predicted octanol–water partition coefficient (Wildman–Crippen LogP) is 6.99. The molecule has 0 saturated carbocycles. The normalized spacial score (nSPS) is 10.5. The molecular weight excluding hydrogens is 602 g/mol. The minimum absolute atomic E-state index is 0.0382. The molecule has 4 aromatic rings. The standard InChI is InChI=1S/C24H14Br2ClN5OS/c25-17-6-1-14(2-7-17)22-23(15-3-8-18(26)9-4-15)31-32-24(30-22)34-13-21(33)29-20-11-19(27)10-5-16(20)12-28/h1-11H,13H2,(H,29,33). The number of carbonyl (C=O) groups is 1. The van der Waals surface area contributed by atoms with Crippen LogP contribution in [0.2, 0.25) is 5.02 Å². The van der Waals surface area contributed by atoms with Gasteiger partial charge in [-0.3, -0.25) is 4.79 Å². The van der Waals surface area contributed by atoms with Gasteiger partial charge in [0.15, 0.2) is 0 Å². The zero-order valence-corrected chi connectivity index (χ0v) is 22.0. The van der Waals surface area contributed by atoms with Crippen LogP contribution in [0.4, 0.5) is 5.69 Å². The zero-order chi connectivity index (χ0) is 24.1. The lowest BCUT2D eigenvalue weighted by molar-refractivity contribution is -0.113. The summed E-state index contributed by atoms with van der Waals surface area (Å²) in [7, 11) is 0. The summed E-state index contributed by atoms with van der Waals surface area (Å²) in [6, 6.07) is 22.2. The van der Waals surface area contributed by atoms with Crippen LogP contribution in [-0.2, 0) is 4.79 Å². The van der Waals surface area contributed by atoms with Gasteiger partial charge < -0.3 is 5.32 Å². The van der Waals surface area contributed by atoms with Crippen LogP contribution >= 0.6 is 55.2 Å². The Bertz CT molecular complexity index is 1390. The average Bonchev–Trinajstić information content (AvgIpc) is 2.84. The summed E-state index contributed by atoms with van der Waals surface area (Å²) < 4.78 is 1.91. The highest BCUT2D eigenvalue weighted by molar-refractivity contribution is 9.10. The number of rotatable bonds is 6. The van der Waals surface area contributed by atoms with E-state index in [4.69, 9.17) is 16.6 Å². The highest BCUT2D eigenvalue weighted by Crippen LogP contribution is 2.31. The van der Waals surface area contributed by atoms with Gasteiger partial charge in [0.05, 0.1) is 17.0 Å². The van der Waals surface area contributed by atoms with Crippen molar-refractivity contribution in [3.05, 3.63) is 86.3 Å². The lowest BCUT2D eigenvalue weighted by atomic mass is 10.0. The van der Waals surface area contributed by atoms with Gasteiger partial charge in [-0.05, 0) is 42.5 Å². The number of carbonyl (C=O) groups excluding carboxylic acids is 1. The maximum atomic E-state index is 12.5. The van der Waals surface area contributed by atoms with Crippen LogP contribution in [0.5, 0.6) is 0 Å². The van der Waals surface area contributed by atoms with Crippen LogP contribution in [0.3, 0.4) is 0 Å². The predicted molar refractivity (Wildman–Crippen MR) is 142 cm³/mol. The van der Waals surface area contributed by atoms with Gasteiger partial charge in [0.2, 0.25) is 11.1 Å². The van der Waals surface area contributed by atoms with Crippen LogP contribution in [0.25, 0.3) is 22.5 Å². The maximum Gasteiger partial charge on any atom is 0.234 e. The fraction of sp³-hybridized carbons (Fsp3) is 0.0417. The van der Waals surface area contributed by atoms with E-state index in [0.29, 0.717) is 32.8 Å². The first-order chi connectivity index (χ1) is 16.4. The highest BCUT2D eigenvalue weighted by Gasteiger charge is 2.16. The fourth-order valence-corrected chi connectivity index (χ4v) is 4.30. The van der Waals surface area contributed by atoms with E-state index >= 15 is 0 Å². The second-order valence-corrected chi connectivity index (χ2v) is 10.2. The number of thioether (sulfide) groups is 1. The average molecular weight is 616 g/mol. The minimum atomic E-state index is -0.311. The molecular formula is C24H14Br2ClN5OS. The number of nitrogens with one attached hydrogen (secondary N) is 1. The summed E-state index contributed by atoms with van der Waals surface area (Å²) in [5.74, 6) is -0.272. The van der Waals surface area contributed by atoms with Crippen LogP contribution < -0.4 is 5.32 Å². The molecule has 10 heteroatoms. The monoisotopic (exact) mass is 613 g/mol. The van der Waals surface area contributed by atoms with Crippen LogP contribution in [0.1, 0.15) is 5.56 Å². The lowest BCUT2D eigenvalue weighted by Gasteiger charge is -2.10. The van der Waals surface area contributed by atoms with Gasteiger partial charge in [0.25, 0.3) is 0 Å². The topological polar surface area (TPSA) is 91.6 Å². The van der Waals surface area contributed by atoms with Gasteiger partial charge in [0, 0.05) is 25.1 Å².